The molecule has 0 radical (unpaired) electrons. The highest BCUT2D eigenvalue weighted by Crippen LogP contribution is 2.05. The van der Waals surface area contributed by atoms with E-state index in [2.05, 4.69) is 15.6 Å². The smallest absolute Gasteiger partial charge is 0.0636 e. The van der Waals surface area contributed by atoms with E-state index >= 15 is 0 Å². The van der Waals surface area contributed by atoms with Gasteiger partial charge in [-0.05, 0) is 26.0 Å². The number of hydrogen-bond donors (Lipinski definition) is 3. The number of aliphatic hydroxyl groups is 1. The first-order valence-corrected chi connectivity index (χ1v) is 5.24. The topological polar surface area (TPSA) is 57.2 Å². The number of aliphatic hydroxyl groups excluding tert-OH is 1. The van der Waals surface area contributed by atoms with Gasteiger partial charge in [0.2, 0.25) is 0 Å². The lowest BCUT2D eigenvalue weighted by Crippen LogP contribution is -2.28. The van der Waals surface area contributed by atoms with E-state index in [1.54, 1.807) is 13.1 Å². The van der Waals surface area contributed by atoms with Crippen molar-refractivity contribution < 1.29 is 5.11 Å². The zero-order chi connectivity index (χ0) is 11.1. The minimum absolute atomic E-state index is 0.284. The Hall–Kier alpha value is -1.13. The third-order valence-corrected chi connectivity index (χ3v) is 1.97. The van der Waals surface area contributed by atoms with Crippen LogP contribution in [0.3, 0.4) is 0 Å². The maximum absolute atomic E-state index is 9.01. The quantitative estimate of drug-likeness (QED) is 0.606. The third kappa shape index (κ3) is 5.34. The number of nitrogens with zero attached hydrogens (tertiary/aromatic N) is 1. The number of anilines is 1. The van der Waals surface area contributed by atoms with Crippen molar-refractivity contribution in [3.63, 3.8) is 0 Å². The van der Waals surface area contributed by atoms with Gasteiger partial charge in [0.25, 0.3) is 0 Å². The van der Waals surface area contributed by atoms with E-state index in [0.717, 1.165) is 24.5 Å². The van der Waals surface area contributed by atoms with Crippen molar-refractivity contribution in [2.75, 3.05) is 25.0 Å². The molecule has 1 unspecified atom stereocenters. The zero-order valence-corrected chi connectivity index (χ0v) is 9.33. The summed E-state index contributed by atoms with van der Waals surface area (Å²) in [6, 6.07) is 3.95. The van der Waals surface area contributed by atoms with E-state index in [0.29, 0.717) is 6.54 Å². The molecule has 3 N–H and O–H groups in total. The number of aromatic nitrogens is 1. The number of aryl methyl sites for hydroxylation is 1. The van der Waals surface area contributed by atoms with E-state index in [1.165, 1.54) is 0 Å². The van der Waals surface area contributed by atoms with E-state index in [1.807, 2.05) is 19.1 Å². The Morgan fingerprint density at radius 3 is 2.93 bits per heavy atom. The third-order valence-electron chi connectivity index (χ3n) is 1.97. The lowest BCUT2D eigenvalue weighted by Gasteiger charge is -2.09. The predicted octanol–water partition coefficient (Wildman–Crippen LogP) is 0.772. The van der Waals surface area contributed by atoms with Gasteiger partial charge in [-0.15, -0.1) is 0 Å². The molecule has 0 saturated heterocycles. The van der Waals surface area contributed by atoms with Gasteiger partial charge in [0.05, 0.1) is 6.10 Å². The van der Waals surface area contributed by atoms with Crippen molar-refractivity contribution in [3.05, 3.63) is 24.0 Å². The van der Waals surface area contributed by atoms with Gasteiger partial charge in [0, 0.05) is 37.2 Å². The Morgan fingerprint density at radius 1 is 1.47 bits per heavy atom. The summed E-state index contributed by atoms with van der Waals surface area (Å²) in [4.78, 5) is 4.12. The Kier molecular flexibility index (Phi) is 5.07. The Balaban J connectivity index is 2.15. The molecule has 4 nitrogen and oxygen atoms in total. The molecule has 1 atom stereocenters. The highest BCUT2D eigenvalue weighted by Gasteiger charge is 1.94. The second-order valence-electron chi connectivity index (χ2n) is 3.67. The number of rotatable bonds is 6. The van der Waals surface area contributed by atoms with Crippen molar-refractivity contribution in [2.45, 2.75) is 20.0 Å². The molecule has 0 saturated carbocycles. The summed E-state index contributed by atoms with van der Waals surface area (Å²) in [5.74, 6) is 0. The fraction of sp³-hybridized carbons (Fsp3) is 0.545. The molecular formula is C11H19N3O. The van der Waals surface area contributed by atoms with Crippen LogP contribution in [0.15, 0.2) is 18.3 Å². The molecule has 1 aromatic rings. The number of nitrogens with one attached hydrogen (secondary N) is 2. The van der Waals surface area contributed by atoms with Gasteiger partial charge < -0.3 is 15.7 Å². The summed E-state index contributed by atoms with van der Waals surface area (Å²) in [6.45, 7) is 6.06. The van der Waals surface area contributed by atoms with Crippen LogP contribution in [0.25, 0.3) is 0 Å². The molecule has 0 bridgehead atoms. The van der Waals surface area contributed by atoms with Gasteiger partial charge in [-0.1, -0.05) is 0 Å². The predicted molar refractivity (Wildman–Crippen MR) is 62.0 cm³/mol. The molecular weight excluding hydrogens is 190 g/mol. The van der Waals surface area contributed by atoms with Gasteiger partial charge in [0.15, 0.2) is 0 Å². The molecule has 0 fully saturated rings. The monoisotopic (exact) mass is 209 g/mol. The Bertz CT molecular complexity index is 289. The first kappa shape index (κ1) is 11.9. The maximum Gasteiger partial charge on any atom is 0.0636 e. The van der Waals surface area contributed by atoms with E-state index in [4.69, 9.17) is 5.11 Å². The average molecular weight is 209 g/mol. The molecule has 0 aliphatic carbocycles. The second kappa shape index (κ2) is 6.37. The Labute approximate surface area is 90.7 Å². The summed E-state index contributed by atoms with van der Waals surface area (Å²) in [7, 11) is 0. The molecule has 1 heterocycles. The lowest BCUT2D eigenvalue weighted by atomic mass is 10.3. The van der Waals surface area contributed by atoms with Crippen LogP contribution in [0.1, 0.15) is 12.6 Å². The molecule has 0 spiro atoms. The highest BCUT2D eigenvalue weighted by molar-refractivity contribution is 5.42. The number of pyridine rings is 1. The second-order valence-corrected chi connectivity index (χ2v) is 3.67. The van der Waals surface area contributed by atoms with Gasteiger partial charge >= 0.3 is 0 Å². The van der Waals surface area contributed by atoms with Gasteiger partial charge in [-0.25, -0.2) is 0 Å². The lowest BCUT2D eigenvalue weighted by molar-refractivity contribution is 0.192. The molecule has 0 aliphatic rings. The minimum Gasteiger partial charge on any atom is -0.392 e. The summed E-state index contributed by atoms with van der Waals surface area (Å²) in [5.41, 5.74) is 2.10. The van der Waals surface area contributed by atoms with Gasteiger partial charge in [-0.3, -0.25) is 4.98 Å². The van der Waals surface area contributed by atoms with E-state index in [9.17, 15) is 0 Å². The van der Waals surface area contributed by atoms with Crippen molar-refractivity contribution in [2.24, 2.45) is 0 Å². The van der Waals surface area contributed by atoms with Crippen LogP contribution in [0.4, 0.5) is 5.69 Å². The van der Waals surface area contributed by atoms with Crippen LogP contribution in [-0.4, -0.2) is 35.8 Å². The van der Waals surface area contributed by atoms with Crippen LogP contribution in [-0.2, 0) is 0 Å². The van der Waals surface area contributed by atoms with Crippen LogP contribution in [0.2, 0.25) is 0 Å². The first-order valence-electron chi connectivity index (χ1n) is 5.24. The Morgan fingerprint density at radius 2 is 2.27 bits per heavy atom. The minimum atomic E-state index is -0.284. The normalized spacial score (nSPS) is 12.5. The molecule has 0 aliphatic heterocycles. The van der Waals surface area contributed by atoms with Crippen molar-refractivity contribution in [1.29, 1.82) is 0 Å². The SMILES string of the molecule is Cc1cc(NCCNCC(C)O)ccn1. The molecule has 15 heavy (non-hydrogen) atoms. The van der Waals surface area contributed by atoms with Crippen molar-refractivity contribution in [3.8, 4) is 0 Å². The molecule has 1 aromatic heterocycles. The van der Waals surface area contributed by atoms with Crippen LogP contribution in [0, 0.1) is 6.92 Å². The highest BCUT2D eigenvalue weighted by atomic mass is 16.3. The van der Waals surface area contributed by atoms with Crippen molar-refractivity contribution >= 4 is 5.69 Å². The molecule has 0 aromatic carbocycles. The van der Waals surface area contributed by atoms with E-state index in [-0.39, 0.29) is 6.10 Å². The number of hydrogen-bond acceptors (Lipinski definition) is 4. The van der Waals surface area contributed by atoms with Gasteiger partial charge in [-0.2, -0.15) is 0 Å². The summed E-state index contributed by atoms with van der Waals surface area (Å²) < 4.78 is 0. The molecule has 0 amide bonds. The maximum atomic E-state index is 9.01. The first-order chi connectivity index (χ1) is 7.18. The fourth-order valence-electron chi connectivity index (χ4n) is 1.26. The molecule has 84 valence electrons. The molecule has 1 rings (SSSR count). The van der Waals surface area contributed by atoms with E-state index < -0.39 is 0 Å². The summed E-state index contributed by atoms with van der Waals surface area (Å²) in [5, 5.41) is 15.4. The summed E-state index contributed by atoms with van der Waals surface area (Å²) >= 11 is 0. The van der Waals surface area contributed by atoms with Crippen LogP contribution < -0.4 is 10.6 Å². The van der Waals surface area contributed by atoms with Crippen molar-refractivity contribution in [1.82, 2.24) is 10.3 Å². The van der Waals surface area contributed by atoms with Gasteiger partial charge in [0.1, 0.15) is 0 Å². The van der Waals surface area contributed by atoms with Crippen LogP contribution in [0.5, 0.6) is 0 Å². The fourth-order valence-corrected chi connectivity index (χ4v) is 1.26. The summed E-state index contributed by atoms with van der Waals surface area (Å²) in [6.07, 6.45) is 1.51. The zero-order valence-electron chi connectivity index (χ0n) is 9.33. The largest absolute Gasteiger partial charge is 0.392 e. The molecule has 4 heteroatoms. The van der Waals surface area contributed by atoms with Crippen LogP contribution >= 0.6 is 0 Å². The average Bonchev–Trinajstić information content (AvgIpc) is 2.17. The standard InChI is InChI=1S/C11H19N3O/c1-9-7-11(3-4-13-9)14-6-5-12-8-10(2)15/h3-4,7,10,12,15H,5-6,8H2,1-2H3,(H,13,14).